The first-order valence-corrected chi connectivity index (χ1v) is 10.0. The average Bonchev–Trinajstić information content (AvgIpc) is 3.18. The van der Waals surface area contributed by atoms with Crippen molar-refractivity contribution in [2.45, 2.75) is 19.5 Å². The molecule has 1 N–H and O–H groups in total. The Balaban J connectivity index is 1.77. The van der Waals surface area contributed by atoms with Crippen LogP contribution in [0.5, 0.6) is 5.75 Å². The number of hydrogen-bond acceptors (Lipinski definition) is 5. The molecule has 0 spiro atoms. The minimum Gasteiger partial charge on any atom is -0.494 e. The van der Waals surface area contributed by atoms with Crippen LogP contribution in [0, 0.1) is 12.7 Å². The van der Waals surface area contributed by atoms with E-state index in [-0.39, 0.29) is 18.4 Å². The molecule has 30 heavy (non-hydrogen) atoms. The SMILES string of the molecule is COc1ccc(-c2nn(-c3ccccc3C)cc2CN2CCOC[C@H]2CO)cc1F. The van der Waals surface area contributed by atoms with Crippen LogP contribution in [0.15, 0.2) is 48.7 Å². The minimum absolute atomic E-state index is 0.0262. The molecule has 1 aromatic heterocycles. The van der Waals surface area contributed by atoms with Crippen molar-refractivity contribution in [3.05, 3.63) is 65.6 Å². The van der Waals surface area contributed by atoms with Crippen LogP contribution in [0.25, 0.3) is 16.9 Å². The Morgan fingerprint density at radius 2 is 2.10 bits per heavy atom. The van der Waals surface area contributed by atoms with E-state index in [1.807, 2.05) is 48.1 Å². The van der Waals surface area contributed by atoms with Crippen molar-refractivity contribution in [3.63, 3.8) is 0 Å². The summed E-state index contributed by atoms with van der Waals surface area (Å²) in [6.45, 7) is 4.48. The third-order valence-corrected chi connectivity index (χ3v) is 5.51. The second kappa shape index (κ2) is 8.95. The predicted octanol–water partition coefficient (Wildman–Crippen LogP) is 3.19. The van der Waals surface area contributed by atoms with Gasteiger partial charge in [-0.25, -0.2) is 9.07 Å². The highest BCUT2D eigenvalue weighted by atomic mass is 19.1. The van der Waals surface area contributed by atoms with Gasteiger partial charge in [0, 0.05) is 30.4 Å². The number of nitrogens with zero attached hydrogens (tertiary/aromatic N) is 3. The number of benzene rings is 2. The molecule has 1 aliphatic heterocycles. The number of halogens is 1. The molecule has 1 atom stereocenters. The second-order valence-corrected chi connectivity index (χ2v) is 7.47. The summed E-state index contributed by atoms with van der Waals surface area (Å²) in [4.78, 5) is 2.19. The van der Waals surface area contributed by atoms with Gasteiger partial charge < -0.3 is 14.6 Å². The molecule has 0 bridgehead atoms. The van der Waals surface area contributed by atoms with Gasteiger partial charge in [0.25, 0.3) is 0 Å². The summed E-state index contributed by atoms with van der Waals surface area (Å²) >= 11 is 0. The Hall–Kier alpha value is -2.74. The van der Waals surface area contributed by atoms with E-state index >= 15 is 0 Å². The highest BCUT2D eigenvalue weighted by Gasteiger charge is 2.25. The molecule has 2 aromatic carbocycles. The number of aryl methyl sites for hydroxylation is 1. The largest absolute Gasteiger partial charge is 0.494 e. The number of ether oxygens (including phenoxy) is 2. The predicted molar refractivity (Wildman–Crippen MR) is 112 cm³/mol. The van der Waals surface area contributed by atoms with E-state index < -0.39 is 5.82 Å². The lowest BCUT2D eigenvalue weighted by Crippen LogP contribution is -2.46. The highest BCUT2D eigenvalue weighted by Crippen LogP contribution is 2.30. The van der Waals surface area contributed by atoms with Crippen molar-refractivity contribution in [3.8, 4) is 22.7 Å². The van der Waals surface area contributed by atoms with Crippen molar-refractivity contribution in [2.24, 2.45) is 0 Å². The molecule has 6 nitrogen and oxygen atoms in total. The van der Waals surface area contributed by atoms with E-state index in [1.165, 1.54) is 13.2 Å². The van der Waals surface area contributed by atoms with Crippen LogP contribution < -0.4 is 4.74 Å². The lowest BCUT2D eigenvalue weighted by atomic mass is 10.1. The molecule has 2 heterocycles. The Morgan fingerprint density at radius 3 is 2.83 bits per heavy atom. The van der Waals surface area contributed by atoms with Crippen LogP contribution in [0.3, 0.4) is 0 Å². The first-order valence-electron chi connectivity index (χ1n) is 10.0. The van der Waals surface area contributed by atoms with Crippen molar-refractivity contribution in [1.82, 2.24) is 14.7 Å². The molecule has 7 heteroatoms. The molecule has 1 aliphatic rings. The number of aromatic nitrogens is 2. The fourth-order valence-electron chi connectivity index (χ4n) is 3.81. The van der Waals surface area contributed by atoms with Gasteiger partial charge in [0.2, 0.25) is 0 Å². The zero-order valence-corrected chi connectivity index (χ0v) is 17.2. The maximum atomic E-state index is 14.4. The third-order valence-electron chi connectivity index (χ3n) is 5.51. The number of aliphatic hydroxyl groups is 1. The first-order chi connectivity index (χ1) is 14.6. The molecule has 0 radical (unpaired) electrons. The molecular formula is C23H26FN3O3. The number of para-hydroxylation sites is 1. The van der Waals surface area contributed by atoms with Gasteiger partial charge in [-0.2, -0.15) is 5.10 Å². The number of aliphatic hydroxyl groups excluding tert-OH is 1. The van der Waals surface area contributed by atoms with Crippen LogP contribution in [-0.2, 0) is 11.3 Å². The van der Waals surface area contributed by atoms with Gasteiger partial charge >= 0.3 is 0 Å². The molecular weight excluding hydrogens is 385 g/mol. The minimum atomic E-state index is -0.425. The summed E-state index contributed by atoms with van der Waals surface area (Å²) in [5.41, 5.74) is 4.42. The van der Waals surface area contributed by atoms with E-state index in [4.69, 9.17) is 14.6 Å². The lowest BCUT2D eigenvalue weighted by molar-refractivity contribution is -0.0312. The fraction of sp³-hybridized carbons (Fsp3) is 0.348. The Morgan fingerprint density at radius 1 is 1.27 bits per heavy atom. The molecule has 0 saturated carbocycles. The van der Waals surface area contributed by atoms with Crippen molar-refractivity contribution in [1.29, 1.82) is 0 Å². The summed E-state index contributed by atoms with van der Waals surface area (Å²) < 4.78 is 26.8. The second-order valence-electron chi connectivity index (χ2n) is 7.47. The van der Waals surface area contributed by atoms with Gasteiger partial charge in [0.05, 0.1) is 44.4 Å². The third kappa shape index (κ3) is 4.09. The molecule has 0 amide bonds. The molecule has 3 aromatic rings. The first kappa shape index (κ1) is 20.5. The quantitative estimate of drug-likeness (QED) is 0.675. The zero-order chi connectivity index (χ0) is 21.1. The van der Waals surface area contributed by atoms with E-state index in [2.05, 4.69) is 4.90 Å². The summed E-state index contributed by atoms with van der Waals surface area (Å²) in [6, 6.07) is 12.8. The van der Waals surface area contributed by atoms with Gasteiger partial charge in [-0.3, -0.25) is 4.90 Å². The van der Waals surface area contributed by atoms with Crippen LogP contribution in [0.1, 0.15) is 11.1 Å². The number of hydrogen-bond donors (Lipinski definition) is 1. The molecule has 0 unspecified atom stereocenters. The van der Waals surface area contributed by atoms with E-state index in [9.17, 15) is 9.50 Å². The monoisotopic (exact) mass is 411 g/mol. The van der Waals surface area contributed by atoms with E-state index in [0.29, 0.717) is 31.0 Å². The standard InChI is InChI=1S/C23H26FN3O3/c1-16-5-3-4-6-21(16)27-13-18(12-26-9-10-30-15-19(26)14-28)23(25-27)17-7-8-22(29-2)20(24)11-17/h3-8,11,13,19,28H,9-10,12,14-15H2,1-2H3/t19-/m1/s1. The summed E-state index contributed by atoms with van der Waals surface area (Å²) in [6.07, 6.45) is 1.99. The molecule has 1 saturated heterocycles. The fourth-order valence-corrected chi connectivity index (χ4v) is 3.81. The molecule has 4 rings (SSSR count). The van der Waals surface area contributed by atoms with Gasteiger partial charge in [-0.05, 0) is 36.8 Å². The van der Waals surface area contributed by atoms with E-state index in [0.717, 1.165) is 23.4 Å². The normalized spacial score (nSPS) is 17.3. The Bertz CT molecular complexity index is 1020. The van der Waals surface area contributed by atoms with Crippen molar-refractivity contribution >= 4 is 0 Å². The number of methoxy groups -OCH3 is 1. The van der Waals surface area contributed by atoms with Crippen LogP contribution in [0.2, 0.25) is 0 Å². The Kier molecular flexibility index (Phi) is 6.13. The molecule has 158 valence electrons. The van der Waals surface area contributed by atoms with Gasteiger partial charge in [0.1, 0.15) is 0 Å². The molecule has 1 fully saturated rings. The van der Waals surface area contributed by atoms with Crippen LogP contribution in [-0.4, -0.2) is 59.3 Å². The Labute approximate surface area is 175 Å². The van der Waals surface area contributed by atoms with Gasteiger partial charge in [-0.15, -0.1) is 0 Å². The highest BCUT2D eigenvalue weighted by molar-refractivity contribution is 5.64. The number of rotatable bonds is 6. The lowest BCUT2D eigenvalue weighted by Gasteiger charge is -2.34. The summed E-state index contributed by atoms with van der Waals surface area (Å²) in [7, 11) is 1.45. The summed E-state index contributed by atoms with van der Waals surface area (Å²) in [5.74, 6) is -0.224. The van der Waals surface area contributed by atoms with Crippen LogP contribution >= 0.6 is 0 Å². The van der Waals surface area contributed by atoms with Crippen LogP contribution in [0.4, 0.5) is 4.39 Å². The topological polar surface area (TPSA) is 59.8 Å². The zero-order valence-electron chi connectivity index (χ0n) is 17.2. The average molecular weight is 411 g/mol. The van der Waals surface area contributed by atoms with Gasteiger partial charge in [-0.1, -0.05) is 18.2 Å². The number of morpholine rings is 1. The maximum absolute atomic E-state index is 14.4. The molecule has 0 aliphatic carbocycles. The summed E-state index contributed by atoms with van der Waals surface area (Å²) in [5, 5.41) is 14.5. The van der Waals surface area contributed by atoms with Gasteiger partial charge in [0.15, 0.2) is 11.6 Å². The smallest absolute Gasteiger partial charge is 0.165 e. The van der Waals surface area contributed by atoms with Crippen molar-refractivity contribution in [2.75, 3.05) is 33.5 Å². The van der Waals surface area contributed by atoms with E-state index in [1.54, 1.807) is 6.07 Å². The maximum Gasteiger partial charge on any atom is 0.165 e. The van der Waals surface area contributed by atoms with Crippen molar-refractivity contribution < 1.29 is 19.0 Å².